The van der Waals surface area contributed by atoms with Crippen LogP contribution in [-0.4, -0.2) is 25.0 Å². The van der Waals surface area contributed by atoms with E-state index in [-0.39, 0.29) is 0 Å². The van der Waals surface area contributed by atoms with Crippen LogP contribution in [0.2, 0.25) is 5.02 Å². The van der Waals surface area contributed by atoms with Crippen molar-refractivity contribution >= 4 is 33.7 Å². The number of H-pyrrole nitrogens is 1. The van der Waals surface area contributed by atoms with E-state index in [1.807, 2.05) is 31.4 Å². The van der Waals surface area contributed by atoms with Crippen LogP contribution in [0.25, 0.3) is 33.2 Å². The van der Waals surface area contributed by atoms with E-state index in [2.05, 4.69) is 26.3 Å². The molecule has 3 heterocycles. The van der Waals surface area contributed by atoms with Crippen LogP contribution in [0.3, 0.4) is 0 Å². The summed E-state index contributed by atoms with van der Waals surface area (Å²) in [5.74, 6) is 0. The molecule has 4 rings (SSSR count). The van der Waals surface area contributed by atoms with Gasteiger partial charge in [0.1, 0.15) is 11.2 Å². The molecule has 3 aromatic heterocycles. The van der Waals surface area contributed by atoms with E-state index in [4.69, 9.17) is 11.6 Å². The molecule has 0 saturated carbocycles. The lowest BCUT2D eigenvalue weighted by Gasteiger charge is -2.01. The fourth-order valence-corrected chi connectivity index (χ4v) is 2.57. The number of hydrogen-bond donors (Lipinski definition) is 1. The zero-order chi connectivity index (χ0) is 13.7. The fourth-order valence-electron chi connectivity index (χ4n) is 2.41. The zero-order valence-corrected chi connectivity index (χ0v) is 11.4. The van der Waals surface area contributed by atoms with Gasteiger partial charge in [-0.2, -0.15) is 0 Å². The third-order valence-electron chi connectivity index (χ3n) is 3.42. The average Bonchev–Trinajstić information content (AvgIpc) is 3.02. The summed E-state index contributed by atoms with van der Waals surface area (Å²) < 4.78 is 1.76. The number of nitrogens with zero attached hydrogens (tertiary/aromatic N) is 4. The van der Waals surface area contributed by atoms with Crippen LogP contribution in [0.15, 0.2) is 36.7 Å². The molecule has 4 aromatic rings. The minimum absolute atomic E-state index is 0.627. The monoisotopic (exact) mass is 283 g/mol. The molecule has 0 aliphatic rings. The third kappa shape index (κ3) is 1.60. The lowest BCUT2D eigenvalue weighted by molar-refractivity contribution is 0.736. The Morgan fingerprint density at radius 3 is 3.05 bits per heavy atom. The zero-order valence-electron chi connectivity index (χ0n) is 10.6. The van der Waals surface area contributed by atoms with Gasteiger partial charge in [-0.15, -0.1) is 5.10 Å². The Morgan fingerprint density at radius 1 is 1.25 bits per heavy atom. The van der Waals surface area contributed by atoms with Gasteiger partial charge in [-0.3, -0.25) is 0 Å². The van der Waals surface area contributed by atoms with Crippen molar-refractivity contribution in [1.29, 1.82) is 0 Å². The predicted molar refractivity (Wildman–Crippen MR) is 78.6 cm³/mol. The summed E-state index contributed by atoms with van der Waals surface area (Å²) >= 11 is 6.04. The van der Waals surface area contributed by atoms with Crippen LogP contribution in [-0.2, 0) is 7.05 Å². The molecule has 0 radical (unpaired) electrons. The maximum Gasteiger partial charge on any atom is 0.137 e. The van der Waals surface area contributed by atoms with Crippen LogP contribution in [0.5, 0.6) is 0 Å². The maximum atomic E-state index is 6.04. The molecule has 0 saturated heterocycles. The van der Waals surface area contributed by atoms with Crippen LogP contribution in [0.1, 0.15) is 0 Å². The van der Waals surface area contributed by atoms with Crippen molar-refractivity contribution in [3.05, 3.63) is 41.7 Å². The Balaban J connectivity index is 2.00. The molecule has 0 aliphatic heterocycles. The fraction of sp³-hybridized carbons (Fsp3) is 0.0714. The molecule has 6 heteroatoms. The molecule has 0 unspecified atom stereocenters. The van der Waals surface area contributed by atoms with Gasteiger partial charge >= 0.3 is 0 Å². The number of aromatic amines is 1. The lowest BCUT2D eigenvalue weighted by Crippen LogP contribution is -1.89. The maximum absolute atomic E-state index is 6.04. The quantitative estimate of drug-likeness (QED) is 0.584. The van der Waals surface area contributed by atoms with Gasteiger partial charge in [-0.25, -0.2) is 9.67 Å². The molecule has 98 valence electrons. The second kappa shape index (κ2) is 4.05. The van der Waals surface area contributed by atoms with Crippen molar-refractivity contribution in [2.45, 2.75) is 0 Å². The summed E-state index contributed by atoms with van der Waals surface area (Å²) in [6.07, 6.45) is 3.58. The number of benzene rings is 1. The molecule has 1 aromatic carbocycles. The minimum atomic E-state index is 0.627. The summed E-state index contributed by atoms with van der Waals surface area (Å²) in [4.78, 5) is 7.44. The summed E-state index contributed by atoms with van der Waals surface area (Å²) in [6, 6.07) is 7.98. The third-order valence-corrected chi connectivity index (χ3v) is 3.63. The molecule has 0 atom stereocenters. The SMILES string of the molecule is Cn1nnc2ccc(-c3c[nH]c4ncc(Cl)cc34)cc21. The molecular formula is C14H10ClN5. The second-order valence-electron chi connectivity index (χ2n) is 4.67. The molecule has 0 amide bonds. The highest BCUT2D eigenvalue weighted by molar-refractivity contribution is 6.31. The summed E-state index contributed by atoms with van der Waals surface area (Å²) in [5, 5.41) is 9.74. The topological polar surface area (TPSA) is 59.4 Å². The van der Waals surface area contributed by atoms with Crippen molar-refractivity contribution in [3.8, 4) is 11.1 Å². The second-order valence-corrected chi connectivity index (χ2v) is 5.11. The van der Waals surface area contributed by atoms with Gasteiger partial charge in [0.05, 0.1) is 10.5 Å². The van der Waals surface area contributed by atoms with Crippen molar-refractivity contribution < 1.29 is 0 Å². The highest BCUT2D eigenvalue weighted by Crippen LogP contribution is 2.30. The number of halogens is 1. The van der Waals surface area contributed by atoms with Crippen molar-refractivity contribution in [3.63, 3.8) is 0 Å². The van der Waals surface area contributed by atoms with Gasteiger partial charge < -0.3 is 4.98 Å². The molecule has 0 fully saturated rings. The molecular weight excluding hydrogens is 274 g/mol. The lowest BCUT2D eigenvalue weighted by atomic mass is 10.1. The Morgan fingerprint density at radius 2 is 2.15 bits per heavy atom. The van der Waals surface area contributed by atoms with Gasteiger partial charge in [0.15, 0.2) is 0 Å². The van der Waals surface area contributed by atoms with Gasteiger partial charge in [0, 0.05) is 30.4 Å². The molecule has 0 bridgehead atoms. The Labute approximate surface area is 119 Å². The van der Waals surface area contributed by atoms with E-state index in [0.29, 0.717) is 5.02 Å². The summed E-state index contributed by atoms with van der Waals surface area (Å²) in [6.45, 7) is 0. The first-order valence-corrected chi connectivity index (χ1v) is 6.52. The highest BCUT2D eigenvalue weighted by Gasteiger charge is 2.10. The van der Waals surface area contributed by atoms with Crippen LogP contribution >= 0.6 is 11.6 Å². The van der Waals surface area contributed by atoms with E-state index in [0.717, 1.165) is 33.2 Å². The Bertz CT molecular complexity index is 937. The Kier molecular flexibility index (Phi) is 2.31. The Hall–Kier alpha value is -2.40. The van der Waals surface area contributed by atoms with Gasteiger partial charge in [-0.1, -0.05) is 22.9 Å². The van der Waals surface area contributed by atoms with Crippen LogP contribution < -0.4 is 0 Å². The van der Waals surface area contributed by atoms with E-state index in [1.54, 1.807) is 10.9 Å². The van der Waals surface area contributed by atoms with Gasteiger partial charge in [-0.05, 0) is 23.8 Å². The standard InChI is InChI=1S/C14H10ClN5/c1-20-13-4-8(2-3-12(13)18-19-20)11-7-17-14-10(11)5-9(15)6-16-14/h2-7H,1H3,(H,16,17). The molecule has 1 N–H and O–H groups in total. The van der Waals surface area contributed by atoms with E-state index < -0.39 is 0 Å². The number of rotatable bonds is 1. The van der Waals surface area contributed by atoms with E-state index in [9.17, 15) is 0 Å². The number of fused-ring (bicyclic) bond motifs is 2. The van der Waals surface area contributed by atoms with Crippen molar-refractivity contribution in [2.75, 3.05) is 0 Å². The molecule has 20 heavy (non-hydrogen) atoms. The van der Waals surface area contributed by atoms with Crippen molar-refractivity contribution in [1.82, 2.24) is 25.0 Å². The summed E-state index contributed by atoms with van der Waals surface area (Å²) in [5.41, 5.74) is 4.85. The molecule has 0 spiro atoms. The number of hydrogen-bond acceptors (Lipinski definition) is 3. The van der Waals surface area contributed by atoms with Crippen molar-refractivity contribution in [2.24, 2.45) is 7.05 Å². The number of pyridine rings is 1. The van der Waals surface area contributed by atoms with Crippen LogP contribution in [0.4, 0.5) is 0 Å². The number of nitrogens with one attached hydrogen (secondary N) is 1. The molecule has 0 aliphatic carbocycles. The van der Waals surface area contributed by atoms with E-state index >= 15 is 0 Å². The number of aryl methyl sites for hydroxylation is 1. The van der Waals surface area contributed by atoms with Gasteiger partial charge in [0.25, 0.3) is 0 Å². The first-order chi connectivity index (χ1) is 9.72. The highest BCUT2D eigenvalue weighted by atomic mass is 35.5. The van der Waals surface area contributed by atoms with E-state index in [1.165, 1.54) is 0 Å². The smallest absolute Gasteiger partial charge is 0.137 e. The molecule has 5 nitrogen and oxygen atoms in total. The number of aromatic nitrogens is 5. The first-order valence-electron chi connectivity index (χ1n) is 6.15. The average molecular weight is 284 g/mol. The van der Waals surface area contributed by atoms with Gasteiger partial charge in [0.2, 0.25) is 0 Å². The normalized spacial score (nSPS) is 11.5. The first kappa shape index (κ1) is 11.4. The predicted octanol–water partition coefficient (Wildman–Crippen LogP) is 3.17. The largest absolute Gasteiger partial charge is 0.346 e. The van der Waals surface area contributed by atoms with Crippen LogP contribution in [0, 0.1) is 0 Å². The minimum Gasteiger partial charge on any atom is -0.346 e. The summed E-state index contributed by atoms with van der Waals surface area (Å²) in [7, 11) is 1.88.